The maximum absolute atomic E-state index is 12.8. The first-order valence-corrected chi connectivity index (χ1v) is 8.39. The normalized spacial score (nSPS) is 28.8. The maximum Gasteiger partial charge on any atom is 0.263 e. The van der Waals surface area contributed by atoms with Crippen molar-refractivity contribution in [2.45, 2.75) is 51.8 Å². The van der Waals surface area contributed by atoms with E-state index in [2.05, 4.69) is 24.0 Å². The van der Waals surface area contributed by atoms with Crippen LogP contribution in [0.3, 0.4) is 0 Å². The van der Waals surface area contributed by atoms with Gasteiger partial charge in [0.25, 0.3) is 10.0 Å². The van der Waals surface area contributed by atoms with Crippen LogP contribution < -0.4 is 0 Å². The van der Waals surface area contributed by atoms with Gasteiger partial charge in [-0.05, 0) is 32.1 Å². The summed E-state index contributed by atoms with van der Waals surface area (Å²) in [5, 5.41) is 15.9. The first kappa shape index (κ1) is 15.5. The van der Waals surface area contributed by atoms with Gasteiger partial charge in [-0.3, -0.25) is 5.10 Å². The van der Waals surface area contributed by atoms with E-state index in [-0.39, 0.29) is 17.7 Å². The molecule has 0 amide bonds. The highest BCUT2D eigenvalue weighted by Crippen LogP contribution is 2.32. The standard InChI is InChI=1S/C13H23N3O3S/c1-8-5-9(2)11(4)16(6-8)20(18,19)13-12(7-17)10(3)14-15-13/h8-9,11,17H,5-7H2,1-4H3,(H,14,15). The van der Waals surface area contributed by atoms with Crippen LogP contribution in [0.25, 0.3) is 0 Å². The molecule has 6 nitrogen and oxygen atoms in total. The third kappa shape index (κ3) is 2.49. The lowest BCUT2D eigenvalue weighted by molar-refractivity contribution is 0.157. The Bertz CT molecular complexity index is 582. The van der Waals surface area contributed by atoms with Gasteiger partial charge in [0.2, 0.25) is 0 Å². The number of aromatic amines is 1. The minimum atomic E-state index is -3.67. The van der Waals surface area contributed by atoms with Crippen molar-refractivity contribution in [2.24, 2.45) is 11.8 Å². The van der Waals surface area contributed by atoms with E-state index in [4.69, 9.17) is 0 Å². The molecular weight excluding hydrogens is 278 g/mol. The second kappa shape index (κ2) is 5.46. The predicted octanol–water partition coefficient (Wildman–Crippen LogP) is 1.27. The molecule has 0 aromatic carbocycles. The molecule has 1 fully saturated rings. The second-order valence-corrected chi connectivity index (χ2v) is 7.73. The monoisotopic (exact) mass is 301 g/mol. The van der Waals surface area contributed by atoms with Gasteiger partial charge < -0.3 is 5.11 Å². The lowest BCUT2D eigenvalue weighted by Crippen LogP contribution is -2.49. The number of aromatic nitrogens is 2. The van der Waals surface area contributed by atoms with Crippen LogP contribution in [-0.2, 0) is 16.6 Å². The summed E-state index contributed by atoms with van der Waals surface area (Å²) in [5.74, 6) is 0.639. The van der Waals surface area contributed by atoms with Crippen LogP contribution in [0.1, 0.15) is 38.4 Å². The number of aryl methyl sites for hydroxylation is 1. The quantitative estimate of drug-likeness (QED) is 0.880. The van der Waals surface area contributed by atoms with Crippen molar-refractivity contribution in [2.75, 3.05) is 6.54 Å². The van der Waals surface area contributed by atoms with Crippen LogP contribution in [0, 0.1) is 18.8 Å². The van der Waals surface area contributed by atoms with Crippen molar-refractivity contribution in [3.8, 4) is 0 Å². The SMILES string of the molecule is Cc1[nH]nc(S(=O)(=O)N2CC(C)CC(C)C2C)c1CO. The molecule has 1 aliphatic rings. The van der Waals surface area contributed by atoms with Crippen LogP contribution in [-0.4, -0.2) is 40.6 Å². The van der Waals surface area contributed by atoms with E-state index in [1.165, 1.54) is 4.31 Å². The number of aliphatic hydroxyl groups excluding tert-OH is 1. The molecule has 3 atom stereocenters. The van der Waals surface area contributed by atoms with Crippen molar-refractivity contribution in [1.29, 1.82) is 0 Å². The van der Waals surface area contributed by atoms with Crippen LogP contribution in [0.5, 0.6) is 0 Å². The number of nitrogens with zero attached hydrogens (tertiary/aromatic N) is 2. The zero-order valence-corrected chi connectivity index (χ0v) is 13.2. The lowest BCUT2D eigenvalue weighted by atomic mass is 9.88. The van der Waals surface area contributed by atoms with Crippen LogP contribution in [0.2, 0.25) is 0 Å². The number of rotatable bonds is 3. The Labute approximate surface area is 120 Å². The third-order valence-electron chi connectivity index (χ3n) is 4.29. The van der Waals surface area contributed by atoms with E-state index in [0.29, 0.717) is 29.6 Å². The molecule has 0 bridgehead atoms. The molecule has 2 heterocycles. The van der Waals surface area contributed by atoms with E-state index >= 15 is 0 Å². The molecule has 0 saturated carbocycles. The average Bonchev–Trinajstić information content (AvgIpc) is 2.75. The second-order valence-electron chi connectivity index (χ2n) is 5.92. The van der Waals surface area contributed by atoms with E-state index in [1.807, 2.05) is 6.92 Å². The van der Waals surface area contributed by atoms with Crippen LogP contribution in [0.15, 0.2) is 5.03 Å². The fourth-order valence-electron chi connectivity index (χ4n) is 2.92. The number of H-pyrrole nitrogens is 1. The molecule has 1 aromatic heterocycles. The fourth-order valence-corrected chi connectivity index (χ4v) is 4.93. The molecule has 0 aliphatic carbocycles. The molecule has 2 rings (SSSR count). The number of hydrogen-bond acceptors (Lipinski definition) is 4. The van der Waals surface area contributed by atoms with Gasteiger partial charge in [-0.1, -0.05) is 13.8 Å². The molecule has 1 aromatic rings. The van der Waals surface area contributed by atoms with Crippen LogP contribution >= 0.6 is 0 Å². The van der Waals surface area contributed by atoms with Crippen molar-refractivity contribution < 1.29 is 13.5 Å². The topological polar surface area (TPSA) is 86.3 Å². The third-order valence-corrected chi connectivity index (χ3v) is 6.22. The number of nitrogens with one attached hydrogen (secondary N) is 1. The Kier molecular flexibility index (Phi) is 4.22. The molecule has 2 N–H and O–H groups in total. The Balaban J connectivity index is 2.43. The van der Waals surface area contributed by atoms with Gasteiger partial charge in [0.05, 0.1) is 6.61 Å². The highest BCUT2D eigenvalue weighted by atomic mass is 32.2. The Morgan fingerprint density at radius 2 is 2.05 bits per heavy atom. The molecular formula is C13H23N3O3S. The summed E-state index contributed by atoms with van der Waals surface area (Å²) in [6.07, 6.45) is 1.03. The number of aliphatic hydroxyl groups is 1. The minimum Gasteiger partial charge on any atom is -0.392 e. The van der Waals surface area contributed by atoms with Crippen molar-refractivity contribution >= 4 is 10.0 Å². The predicted molar refractivity (Wildman–Crippen MR) is 75.5 cm³/mol. The molecule has 20 heavy (non-hydrogen) atoms. The van der Waals surface area contributed by atoms with Crippen molar-refractivity contribution in [3.05, 3.63) is 11.3 Å². The van der Waals surface area contributed by atoms with E-state index in [0.717, 1.165) is 6.42 Å². The van der Waals surface area contributed by atoms with Gasteiger partial charge in [0, 0.05) is 23.8 Å². The maximum atomic E-state index is 12.8. The molecule has 0 radical (unpaired) electrons. The Morgan fingerprint density at radius 1 is 1.40 bits per heavy atom. The summed E-state index contributed by atoms with van der Waals surface area (Å²) in [4.78, 5) is 0. The number of sulfonamides is 1. The first-order valence-electron chi connectivity index (χ1n) is 6.95. The van der Waals surface area contributed by atoms with E-state index < -0.39 is 10.0 Å². The van der Waals surface area contributed by atoms with E-state index in [1.54, 1.807) is 6.92 Å². The van der Waals surface area contributed by atoms with E-state index in [9.17, 15) is 13.5 Å². The highest BCUT2D eigenvalue weighted by Gasteiger charge is 2.39. The summed E-state index contributed by atoms with van der Waals surface area (Å²) in [6.45, 7) is 7.96. The van der Waals surface area contributed by atoms with Gasteiger partial charge in [0.15, 0.2) is 5.03 Å². The van der Waals surface area contributed by atoms with Crippen LogP contribution in [0.4, 0.5) is 0 Å². The Morgan fingerprint density at radius 3 is 2.65 bits per heavy atom. The minimum absolute atomic E-state index is 0.0364. The number of piperidine rings is 1. The first-order chi connectivity index (χ1) is 9.28. The smallest absolute Gasteiger partial charge is 0.263 e. The molecule has 1 saturated heterocycles. The molecule has 7 heteroatoms. The zero-order valence-electron chi connectivity index (χ0n) is 12.4. The van der Waals surface area contributed by atoms with Gasteiger partial charge >= 0.3 is 0 Å². The van der Waals surface area contributed by atoms with Crippen molar-refractivity contribution in [3.63, 3.8) is 0 Å². The summed E-state index contributed by atoms with van der Waals surface area (Å²) in [7, 11) is -3.67. The highest BCUT2D eigenvalue weighted by molar-refractivity contribution is 7.89. The molecule has 3 unspecified atom stereocenters. The zero-order chi connectivity index (χ0) is 15.1. The van der Waals surface area contributed by atoms with Crippen molar-refractivity contribution in [1.82, 2.24) is 14.5 Å². The van der Waals surface area contributed by atoms with Gasteiger partial charge in [-0.2, -0.15) is 9.40 Å². The van der Waals surface area contributed by atoms with Gasteiger partial charge in [-0.25, -0.2) is 8.42 Å². The van der Waals surface area contributed by atoms with Gasteiger partial charge in [-0.15, -0.1) is 0 Å². The summed E-state index contributed by atoms with van der Waals surface area (Å²) >= 11 is 0. The number of hydrogen-bond donors (Lipinski definition) is 2. The van der Waals surface area contributed by atoms with Gasteiger partial charge in [0.1, 0.15) is 0 Å². The summed E-state index contributed by atoms with van der Waals surface area (Å²) in [5.41, 5.74) is 0.958. The average molecular weight is 301 g/mol. The Hall–Kier alpha value is -0.920. The molecule has 0 spiro atoms. The molecule has 114 valence electrons. The summed E-state index contributed by atoms with van der Waals surface area (Å²) in [6, 6.07) is -0.0558. The lowest BCUT2D eigenvalue weighted by Gasteiger charge is -2.39. The summed E-state index contributed by atoms with van der Waals surface area (Å²) < 4.78 is 27.2. The largest absolute Gasteiger partial charge is 0.392 e. The molecule has 1 aliphatic heterocycles. The fraction of sp³-hybridized carbons (Fsp3) is 0.769.